The van der Waals surface area contributed by atoms with Crippen LogP contribution < -0.4 is 5.56 Å². The van der Waals surface area contributed by atoms with Gasteiger partial charge >= 0.3 is 0 Å². The highest BCUT2D eigenvalue weighted by molar-refractivity contribution is 9.10. The Morgan fingerprint density at radius 2 is 1.71 bits per heavy atom. The molecule has 0 aliphatic carbocycles. The van der Waals surface area contributed by atoms with Gasteiger partial charge in [-0.3, -0.25) is 9.36 Å². The van der Waals surface area contributed by atoms with Gasteiger partial charge in [-0.1, -0.05) is 28.1 Å². The summed E-state index contributed by atoms with van der Waals surface area (Å²) in [6.45, 7) is 4.84. The van der Waals surface area contributed by atoms with Gasteiger partial charge in [0.25, 0.3) is 5.56 Å². The number of fused-ring (bicyclic) bond motifs is 1. The Morgan fingerprint density at radius 3 is 2.32 bits per heavy atom. The Balaban J connectivity index is 2.16. The van der Waals surface area contributed by atoms with Crippen molar-refractivity contribution in [1.29, 1.82) is 0 Å². The third-order valence-corrected chi connectivity index (χ3v) is 7.71. The van der Waals surface area contributed by atoms with Crippen molar-refractivity contribution in [3.8, 4) is 0 Å². The third kappa shape index (κ3) is 4.90. The third-order valence-electron chi connectivity index (χ3n) is 5.20. The smallest absolute Gasteiger partial charge is 0.261 e. The van der Waals surface area contributed by atoms with Crippen LogP contribution in [0.15, 0.2) is 62.7 Å². The van der Waals surface area contributed by atoms with Crippen molar-refractivity contribution in [2.45, 2.75) is 31.3 Å². The van der Waals surface area contributed by atoms with E-state index in [9.17, 15) is 13.2 Å². The SMILES string of the molecule is CCn1c(C(C)N(CCN(C)C)S(=O)(=O)c2ccc(Br)cc2)nc2ccccc2c1=O. The second-order valence-electron chi connectivity index (χ2n) is 7.59. The number of rotatable bonds is 8. The minimum atomic E-state index is -3.82. The van der Waals surface area contributed by atoms with E-state index in [1.807, 2.05) is 32.0 Å². The molecule has 0 saturated carbocycles. The van der Waals surface area contributed by atoms with E-state index >= 15 is 0 Å². The molecule has 0 saturated heterocycles. The molecule has 0 aliphatic heterocycles. The van der Waals surface area contributed by atoms with Gasteiger partial charge in [-0.15, -0.1) is 0 Å². The largest absolute Gasteiger partial charge is 0.308 e. The first-order chi connectivity index (χ1) is 14.7. The molecule has 0 fully saturated rings. The van der Waals surface area contributed by atoms with Gasteiger partial charge < -0.3 is 4.90 Å². The summed E-state index contributed by atoms with van der Waals surface area (Å²) < 4.78 is 31.0. The molecule has 0 spiro atoms. The summed E-state index contributed by atoms with van der Waals surface area (Å²) in [5, 5.41) is 0.524. The van der Waals surface area contributed by atoms with Crippen LogP contribution in [-0.4, -0.2) is 54.4 Å². The summed E-state index contributed by atoms with van der Waals surface area (Å²) in [4.78, 5) is 19.9. The average molecular weight is 507 g/mol. The van der Waals surface area contributed by atoms with E-state index in [-0.39, 0.29) is 17.0 Å². The first-order valence-corrected chi connectivity index (χ1v) is 12.3. The molecule has 0 amide bonds. The van der Waals surface area contributed by atoms with Gasteiger partial charge in [0.2, 0.25) is 10.0 Å². The number of aromatic nitrogens is 2. The van der Waals surface area contributed by atoms with E-state index in [0.717, 1.165) is 4.47 Å². The van der Waals surface area contributed by atoms with Gasteiger partial charge in [-0.05, 0) is 64.3 Å². The monoisotopic (exact) mass is 506 g/mol. The molecule has 9 heteroatoms. The maximum absolute atomic E-state index is 13.6. The van der Waals surface area contributed by atoms with E-state index < -0.39 is 16.1 Å². The lowest BCUT2D eigenvalue weighted by Gasteiger charge is -2.30. The van der Waals surface area contributed by atoms with Crippen LogP contribution in [0.2, 0.25) is 0 Å². The summed E-state index contributed by atoms with van der Waals surface area (Å²) in [5.74, 6) is 0.436. The van der Waals surface area contributed by atoms with Gasteiger partial charge in [0.1, 0.15) is 5.82 Å². The summed E-state index contributed by atoms with van der Waals surface area (Å²) in [6.07, 6.45) is 0. The highest BCUT2D eigenvalue weighted by Gasteiger charge is 2.32. The average Bonchev–Trinajstić information content (AvgIpc) is 2.73. The molecule has 1 heterocycles. The predicted molar refractivity (Wildman–Crippen MR) is 127 cm³/mol. The zero-order valence-corrected chi connectivity index (χ0v) is 20.5. The highest BCUT2D eigenvalue weighted by atomic mass is 79.9. The van der Waals surface area contributed by atoms with Crippen molar-refractivity contribution >= 4 is 36.9 Å². The van der Waals surface area contributed by atoms with E-state index in [2.05, 4.69) is 15.9 Å². The number of nitrogens with zero attached hydrogens (tertiary/aromatic N) is 4. The molecule has 3 aromatic rings. The standard InChI is InChI=1S/C22H27BrN4O3S/c1-5-26-21(24-20-9-7-6-8-19(20)22(26)28)16(2)27(15-14-25(3)4)31(29,30)18-12-10-17(23)11-13-18/h6-13,16H,5,14-15H2,1-4H3. The van der Waals surface area contributed by atoms with E-state index in [0.29, 0.717) is 29.8 Å². The molecule has 0 aliphatic rings. The first-order valence-electron chi connectivity index (χ1n) is 10.1. The Labute approximate surface area is 191 Å². The minimum absolute atomic E-state index is 0.163. The predicted octanol–water partition coefficient (Wildman–Crippen LogP) is 3.49. The molecule has 0 N–H and O–H groups in total. The lowest BCUT2D eigenvalue weighted by atomic mass is 10.2. The minimum Gasteiger partial charge on any atom is -0.308 e. The fraction of sp³-hybridized carbons (Fsp3) is 0.364. The molecule has 31 heavy (non-hydrogen) atoms. The van der Waals surface area contributed by atoms with Crippen LogP contribution in [0.4, 0.5) is 0 Å². The van der Waals surface area contributed by atoms with Crippen molar-refractivity contribution in [3.05, 3.63) is 69.2 Å². The highest BCUT2D eigenvalue weighted by Crippen LogP contribution is 2.27. The lowest BCUT2D eigenvalue weighted by molar-refractivity contribution is 0.281. The molecule has 3 rings (SSSR count). The van der Waals surface area contributed by atoms with Crippen LogP contribution in [0, 0.1) is 0 Å². The van der Waals surface area contributed by atoms with Gasteiger partial charge in [-0.2, -0.15) is 4.31 Å². The number of halogens is 1. The molecule has 7 nitrogen and oxygen atoms in total. The van der Waals surface area contributed by atoms with Crippen molar-refractivity contribution in [2.24, 2.45) is 0 Å². The maximum atomic E-state index is 13.6. The van der Waals surface area contributed by atoms with Crippen LogP contribution in [0.3, 0.4) is 0 Å². The molecule has 1 atom stereocenters. The summed E-state index contributed by atoms with van der Waals surface area (Å²) >= 11 is 3.35. The molecule has 166 valence electrons. The number of hydrogen-bond acceptors (Lipinski definition) is 5. The Bertz CT molecular complexity index is 1220. The van der Waals surface area contributed by atoms with Gasteiger partial charge in [-0.25, -0.2) is 13.4 Å². The zero-order chi connectivity index (χ0) is 22.8. The Morgan fingerprint density at radius 1 is 1.06 bits per heavy atom. The second kappa shape index (κ2) is 9.60. The molecular weight excluding hydrogens is 480 g/mol. The summed E-state index contributed by atoms with van der Waals surface area (Å²) in [6, 6.07) is 13.1. The molecule has 0 bridgehead atoms. The first kappa shape index (κ1) is 23.6. The van der Waals surface area contributed by atoms with Crippen molar-refractivity contribution in [1.82, 2.24) is 18.8 Å². The van der Waals surface area contributed by atoms with Crippen LogP contribution in [-0.2, 0) is 16.6 Å². The van der Waals surface area contributed by atoms with Crippen LogP contribution in [0.5, 0.6) is 0 Å². The van der Waals surface area contributed by atoms with E-state index in [4.69, 9.17) is 4.98 Å². The number of likely N-dealkylation sites (N-methyl/N-ethyl adjacent to an activating group) is 1. The second-order valence-corrected chi connectivity index (χ2v) is 10.4. The summed E-state index contributed by atoms with van der Waals surface area (Å²) in [7, 11) is -0.0332. The van der Waals surface area contributed by atoms with Crippen molar-refractivity contribution < 1.29 is 8.42 Å². The van der Waals surface area contributed by atoms with E-state index in [1.165, 1.54) is 4.31 Å². The molecule has 2 aromatic carbocycles. The topological polar surface area (TPSA) is 75.5 Å². The van der Waals surface area contributed by atoms with Gasteiger partial charge in [0.15, 0.2) is 0 Å². The Hall–Kier alpha value is -2.07. The Kier molecular flexibility index (Phi) is 7.31. The van der Waals surface area contributed by atoms with Crippen LogP contribution >= 0.6 is 15.9 Å². The van der Waals surface area contributed by atoms with E-state index in [1.54, 1.807) is 54.0 Å². The van der Waals surface area contributed by atoms with Gasteiger partial charge in [0, 0.05) is 24.1 Å². The fourth-order valence-corrected chi connectivity index (χ4v) is 5.35. The molecule has 1 unspecified atom stereocenters. The number of hydrogen-bond donors (Lipinski definition) is 0. The van der Waals surface area contributed by atoms with Crippen molar-refractivity contribution in [2.75, 3.05) is 27.2 Å². The summed E-state index contributed by atoms with van der Waals surface area (Å²) in [5.41, 5.74) is 0.399. The number of sulfonamides is 1. The molecule has 1 aromatic heterocycles. The number of para-hydroxylation sites is 1. The fourth-order valence-electron chi connectivity index (χ4n) is 3.50. The van der Waals surface area contributed by atoms with Crippen LogP contribution in [0.1, 0.15) is 25.7 Å². The molecule has 0 radical (unpaired) electrons. The van der Waals surface area contributed by atoms with Gasteiger partial charge in [0.05, 0.1) is 21.8 Å². The quantitative estimate of drug-likeness (QED) is 0.467. The number of benzene rings is 2. The normalized spacial score (nSPS) is 13.3. The van der Waals surface area contributed by atoms with Crippen molar-refractivity contribution in [3.63, 3.8) is 0 Å². The molecular formula is C22H27BrN4O3S. The van der Waals surface area contributed by atoms with Crippen LogP contribution in [0.25, 0.3) is 10.9 Å². The maximum Gasteiger partial charge on any atom is 0.261 e. The zero-order valence-electron chi connectivity index (χ0n) is 18.1. The lowest BCUT2D eigenvalue weighted by Crippen LogP contribution is -2.41.